The van der Waals surface area contributed by atoms with Crippen LogP contribution in [0.15, 0.2) is 41.5 Å². The number of rotatable bonds is 5. The molecule has 8 heteroatoms. The van der Waals surface area contributed by atoms with Crippen molar-refractivity contribution in [2.75, 3.05) is 44.0 Å². The molecular weight excluding hydrogens is 362 g/mol. The fourth-order valence-electron chi connectivity index (χ4n) is 3.22. The first-order chi connectivity index (χ1) is 13.5. The average Bonchev–Trinajstić information content (AvgIpc) is 3.13. The van der Waals surface area contributed by atoms with E-state index in [0.29, 0.717) is 31.3 Å². The lowest BCUT2D eigenvalue weighted by Crippen LogP contribution is -2.44. The maximum Gasteiger partial charge on any atom is 0.191 e. The number of benzene rings is 1. The minimum Gasteiger partial charge on any atom is -0.367 e. The molecule has 1 aromatic heterocycles. The standard InChI is InChI=1S/C20H26F2N6/c1-23-20(25-12-14-6-8-24-19(10-14)27(2)3)26-16-7-9-28(13-16)18-5-4-15(21)11-17(18)22/h4-6,8,10-11,16H,7,9,12-13H2,1-3H3,(H2,23,25,26). The summed E-state index contributed by atoms with van der Waals surface area (Å²) in [5.74, 6) is 0.496. The zero-order valence-electron chi connectivity index (χ0n) is 16.4. The normalized spacial score (nSPS) is 17.0. The van der Waals surface area contributed by atoms with E-state index < -0.39 is 11.6 Å². The second-order valence-electron chi connectivity index (χ2n) is 7.01. The maximum absolute atomic E-state index is 14.0. The lowest BCUT2D eigenvalue weighted by atomic mass is 10.2. The number of hydrogen-bond donors (Lipinski definition) is 2. The van der Waals surface area contributed by atoms with Crippen LogP contribution in [-0.2, 0) is 6.54 Å². The van der Waals surface area contributed by atoms with E-state index in [2.05, 4.69) is 20.6 Å². The number of aromatic nitrogens is 1. The molecule has 0 amide bonds. The topological polar surface area (TPSA) is 55.8 Å². The lowest BCUT2D eigenvalue weighted by Gasteiger charge is -2.21. The van der Waals surface area contributed by atoms with Gasteiger partial charge in [-0.3, -0.25) is 4.99 Å². The van der Waals surface area contributed by atoms with Crippen molar-refractivity contribution in [3.05, 3.63) is 53.7 Å². The molecule has 3 rings (SSSR count). The van der Waals surface area contributed by atoms with Crippen molar-refractivity contribution >= 4 is 17.5 Å². The number of aliphatic imine (C=N–C) groups is 1. The zero-order chi connectivity index (χ0) is 20.1. The summed E-state index contributed by atoms with van der Waals surface area (Å²) in [6.45, 7) is 1.95. The molecule has 1 saturated heterocycles. The largest absolute Gasteiger partial charge is 0.367 e. The van der Waals surface area contributed by atoms with Gasteiger partial charge in [-0.1, -0.05) is 0 Å². The van der Waals surface area contributed by atoms with Crippen molar-refractivity contribution in [2.24, 2.45) is 4.99 Å². The van der Waals surface area contributed by atoms with E-state index in [4.69, 9.17) is 0 Å². The molecule has 1 atom stereocenters. The van der Waals surface area contributed by atoms with Crippen LogP contribution < -0.4 is 20.4 Å². The number of nitrogens with one attached hydrogen (secondary N) is 2. The van der Waals surface area contributed by atoms with Gasteiger partial charge in [0.05, 0.1) is 5.69 Å². The Labute approximate surface area is 164 Å². The molecule has 0 radical (unpaired) electrons. The second kappa shape index (κ2) is 8.86. The highest BCUT2D eigenvalue weighted by atomic mass is 19.1. The maximum atomic E-state index is 14.0. The van der Waals surface area contributed by atoms with Gasteiger partial charge in [0.25, 0.3) is 0 Å². The summed E-state index contributed by atoms with van der Waals surface area (Å²) < 4.78 is 27.1. The highest BCUT2D eigenvalue weighted by molar-refractivity contribution is 5.80. The predicted molar refractivity (Wildman–Crippen MR) is 109 cm³/mol. The molecule has 0 saturated carbocycles. The lowest BCUT2D eigenvalue weighted by molar-refractivity contribution is 0.580. The van der Waals surface area contributed by atoms with Crippen LogP contribution in [0.4, 0.5) is 20.3 Å². The van der Waals surface area contributed by atoms with Gasteiger partial charge < -0.3 is 20.4 Å². The molecule has 6 nitrogen and oxygen atoms in total. The molecule has 0 spiro atoms. The first kappa shape index (κ1) is 19.9. The number of guanidine groups is 1. The molecule has 2 N–H and O–H groups in total. The highest BCUT2D eigenvalue weighted by Gasteiger charge is 2.25. The molecule has 2 aromatic rings. The fraction of sp³-hybridized carbons (Fsp3) is 0.400. The predicted octanol–water partition coefficient (Wildman–Crippen LogP) is 2.37. The summed E-state index contributed by atoms with van der Waals surface area (Å²) in [4.78, 5) is 12.5. The molecule has 2 heterocycles. The van der Waals surface area contributed by atoms with Crippen molar-refractivity contribution in [1.82, 2.24) is 15.6 Å². The minimum atomic E-state index is -0.562. The molecule has 1 aromatic carbocycles. The smallest absolute Gasteiger partial charge is 0.191 e. The van der Waals surface area contributed by atoms with Gasteiger partial charge in [-0.05, 0) is 36.2 Å². The summed E-state index contributed by atoms with van der Waals surface area (Å²) in [5.41, 5.74) is 1.53. The first-order valence-electron chi connectivity index (χ1n) is 9.25. The van der Waals surface area contributed by atoms with Crippen LogP contribution in [0.3, 0.4) is 0 Å². The molecular formula is C20H26F2N6. The Bertz CT molecular complexity index is 839. The molecule has 0 bridgehead atoms. The van der Waals surface area contributed by atoms with Gasteiger partial charge >= 0.3 is 0 Å². The molecule has 1 unspecified atom stereocenters. The number of pyridine rings is 1. The van der Waals surface area contributed by atoms with E-state index in [1.807, 2.05) is 36.0 Å². The summed E-state index contributed by atoms with van der Waals surface area (Å²) >= 11 is 0. The SMILES string of the molecule is CN=C(NCc1ccnc(N(C)C)c1)NC1CCN(c2ccc(F)cc2F)C1. The van der Waals surface area contributed by atoms with Gasteiger partial charge in [-0.25, -0.2) is 13.8 Å². The van der Waals surface area contributed by atoms with Crippen molar-refractivity contribution in [3.63, 3.8) is 0 Å². The average molecular weight is 388 g/mol. The third-order valence-corrected chi connectivity index (χ3v) is 4.73. The van der Waals surface area contributed by atoms with Crippen LogP contribution in [0.2, 0.25) is 0 Å². The van der Waals surface area contributed by atoms with Crippen molar-refractivity contribution in [2.45, 2.75) is 19.0 Å². The second-order valence-corrected chi connectivity index (χ2v) is 7.01. The Morgan fingerprint density at radius 1 is 1.29 bits per heavy atom. The first-order valence-corrected chi connectivity index (χ1v) is 9.25. The molecule has 1 aliphatic heterocycles. The van der Waals surface area contributed by atoms with Crippen LogP contribution in [0.25, 0.3) is 0 Å². The Kier molecular flexibility index (Phi) is 6.28. The summed E-state index contributed by atoms with van der Waals surface area (Å²) in [5, 5.41) is 6.68. The Hall–Kier alpha value is -2.90. The molecule has 1 aliphatic rings. The van der Waals surface area contributed by atoms with Gasteiger partial charge in [0.2, 0.25) is 0 Å². The van der Waals surface area contributed by atoms with E-state index >= 15 is 0 Å². The van der Waals surface area contributed by atoms with E-state index in [1.54, 1.807) is 13.2 Å². The van der Waals surface area contributed by atoms with Crippen LogP contribution in [0.1, 0.15) is 12.0 Å². The highest BCUT2D eigenvalue weighted by Crippen LogP contribution is 2.24. The number of nitrogens with zero attached hydrogens (tertiary/aromatic N) is 4. The van der Waals surface area contributed by atoms with Crippen LogP contribution >= 0.6 is 0 Å². The fourth-order valence-corrected chi connectivity index (χ4v) is 3.22. The van der Waals surface area contributed by atoms with Crippen LogP contribution in [0, 0.1) is 11.6 Å². The van der Waals surface area contributed by atoms with Crippen molar-refractivity contribution in [3.8, 4) is 0 Å². The minimum absolute atomic E-state index is 0.130. The third kappa shape index (κ3) is 4.88. The number of hydrogen-bond acceptors (Lipinski definition) is 4. The Morgan fingerprint density at radius 2 is 2.11 bits per heavy atom. The summed E-state index contributed by atoms with van der Waals surface area (Å²) in [7, 11) is 5.63. The van der Waals surface area contributed by atoms with Crippen molar-refractivity contribution < 1.29 is 8.78 Å². The molecule has 150 valence electrons. The summed E-state index contributed by atoms with van der Waals surface area (Å²) in [6, 6.07) is 7.82. The monoisotopic (exact) mass is 388 g/mol. The summed E-state index contributed by atoms with van der Waals surface area (Å²) in [6.07, 6.45) is 2.63. The van der Waals surface area contributed by atoms with E-state index in [9.17, 15) is 8.78 Å². The quantitative estimate of drug-likeness (QED) is 0.608. The van der Waals surface area contributed by atoms with E-state index in [1.165, 1.54) is 12.1 Å². The third-order valence-electron chi connectivity index (χ3n) is 4.73. The number of halogens is 2. The zero-order valence-corrected chi connectivity index (χ0v) is 16.4. The molecule has 1 fully saturated rings. The van der Waals surface area contributed by atoms with Gasteiger partial charge in [-0.15, -0.1) is 0 Å². The van der Waals surface area contributed by atoms with Gasteiger partial charge in [0.1, 0.15) is 17.5 Å². The van der Waals surface area contributed by atoms with E-state index in [-0.39, 0.29) is 6.04 Å². The number of anilines is 2. The molecule has 0 aliphatic carbocycles. The van der Waals surface area contributed by atoms with Crippen LogP contribution in [0.5, 0.6) is 0 Å². The molecule has 28 heavy (non-hydrogen) atoms. The van der Waals surface area contributed by atoms with Crippen LogP contribution in [-0.4, -0.2) is 51.2 Å². The van der Waals surface area contributed by atoms with Crippen molar-refractivity contribution in [1.29, 1.82) is 0 Å². The van der Waals surface area contributed by atoms with E-state index in [0.717, 1.165) is 23.9 Å². The Morgan fingerprint density at radius 3 is 2.82 bits per heavy atom. The Balaban J connectivity index is 1.55. The van der Waals surface area contributed by atoms with Gasteiger partial charge in [0, 0.05) is 59.1 Å². The van der Waals surface area contributed by atoms with Gasteiger partial charge in [-0.2, -0.15) is 0 Å². The van der Waals surface area contributed by atoms with Gasteiger partial charge in [0.15, 0.2) is 5.96 Å².